The number of carboxylic acid groups (broad SMARTS) is 1. The van der Waals surface area contributed by atoms with Crippen LogP contribution < -0.4 is 5.73 Å². The van der Waals surface area contributed by atoms with Crippen LogP contribution in [0.4, 0.5) is 5.69 Å². The third-order valence-electron chi connectivity index (χ3n) is 2.84. The molecule has 1 heterocycles. The number of carbonyl (C=O) groups is 2. The molecule has 0 aromatic heterocycles. The molecule has 3 N–H and O–H groups in total. The van der Waals surface area contributed by atoms with Gasteiger partial charge >= 0.3 is 5.97 Å². The van der Waals surface area contributed by atoms with E-state index in [-0.39, 0.29) is 5.91 Å². The van der Waals surface area contributed by atoms with Gasteiger partial charge in [-0.1, -0.05) is 15.9 Å². The van der Waals surface area contributed by atoms with Crippen LogP contribution in [-0.4, -0.2) is 46.0 Å². The predicted molar refractivity (Wildman–Crippen MR) is 78.3 cm³/mol. The lowest BCUT2D eigenvalue weighted by Crippen LogP contribution is -2.50. The summed E-state index contributed by atoms with van der Waals surface area (Å²) >= 11 is 4.82. The van der Waals surface area contributed by atoms with Crippen LogP contribution in [0.5, 0.6) is 0 Å². The number of anilines is 1. The van der Waals surface area contributed by atoms with Gasteiger partial charge in [-0.2, -0.15) is 11.8 Å². The maximum Gasteiger partial charge on any atom is 0.327 e. The highest BCUT2D eigenvalue weighted by Crippen LogP contribution is 2.22. The number of aliphatic carboxylic acids is 1. The Morgan fingerprint density at radius 3 is 2.79 bits per heavy atom. The van der Waals surface area contributed by atoms with E-state index in [0.717, 1.165) is 5.75 Å². The maximum absolute atomic E-state index is 12.4. The molecule has 1 aliphatic heterocycles. The average Bonchev–Trinajstić information content (AvgIpc) is 2.36. The lowest BCUT2D eigenvalue weighted by molar-refractivity contribution is -0.141. The van der Waals surface area contributed by atoms with Gasteiger partial charge < -0.3 is 15.7 Å². The number of nitrogen functional groups attached to an aromatic ring is 1. The Morgan fingerprint density at radius 2 is 2.16 bits per heavy atom. The lowest BCUT2D eigenvalue weighted by Gasteiger charge is -2.32. The molecule has 1 fully saturated rings. The van der Waals surface area contributed by atoms with Crippen molar-refractivity contribution in [1.82, 2.24) is 4.90 Å². The van der Waals surface area contributed by atoms with Crippen molar-refractivity contribution in [2.24, 2.45) is 0 Å². The molecule has 1 amide bonds. The molecule has 5 nitrogen and oxygen atoms in total. The van der Waals surface area contributed by atoms with Gasteiger partial charge in [-0.05, 0) is 18.2 Å². The smallest absolute Gasteiger partial charge is 0.327 e. The number of hydrogen-bond acceptors (Lipinski definition) is 4. The van der Waals surface area contributed by atoms with Gasteiger partial charge in [0.15, 0.2) is 0 Å². The number of thioether (sulfide) groups is 1. The van der Waals surface area contributed by atoms with Gasteiger partial charge in [0.05, 0.1) is 0 Å². The van der Waals surface area contributed by atoms with Crippen molar-refractivity contribution in [2.45, 2.75) is 6.04 Å². The summed E-state index contributed by atoms with van der Waals surface area (Å²) in [5.41, 5.74) is 6.58. The van der Waals surface area contributed by atoms with Gasteiger partial charge in [-0.3, -0.25) is 4.79 Å². The summed E-state index contributed by atoms with van der Waals surface area (Å²) in [4.78, 5) is 25.0. The Hall–Kier alpha value is -1.21. The van der Waals surface area contributed by atoms with Crippen LogP contribution in [0, 0.1) is 0 Å². The first-order valence-electron chi connectivity index (χ1n) is 5.66. The molecule has 0 aliphatic carbocycles. The van der Waals surface area contributed by atoms with Crippen molar-refractivity contribution >= 4 is 45.3 Å². The molecular weight excluding hydrogens is 332 g/mol. The number of benzene rings is 1. The quantitative estimate of drug-likeness (QED) is 0.797. The summed E-state index contributed by atoms with van der Waals surface area (Å²) < 4.78 is 0.703. The molecule has 1 atom stereocenters. The third-order valence-corrected chi connectivity index (χ3v) is 4.32. The standard InChI is InChI=1S/C12H13BrN2O3S/c13-8-3-7(4-9(14)5-8)11(16)15-1-2-19-6-10(15)12(17)18/h3-5,10H,1-2,6,14H2,(H,17,18). The van der Waals surface area contributed by atoms with E-state index in [2.05, 4.69) is 15.9 Å². The molecule has 102 valence electrons. The zero-order chi connectivity index (χ0) is 14.0. The fourth-order valence-electron chi connectivity index (χ4n) is 1.95. The van der Waals surface area contributed by atoms with Crippen LogP contribution >= 0.6 is 27.7 Å². The minimum absolute atomic E-state index is 0.291. The van der Waals surface area contributed by atoms with E-state index in [0.29, 0.717) is 28.0 Å². The highest BCUT2D eigenvalue weighted by atomic mass is 79.9. The van der Waals surface area contributed by atoms with E-state index >= 15 is 0 Å². The van der Waals surface area contributed by atoms with Crippen LogP contribution in [0.3, 0.4) is 0 Å². The fourth-order valence-corrected chi connectivity index (χ4v) is 3.50. The molecular formula is C12H13BrN2O3S. The number of rotatable bonds is 2. The Balaban J connectivity index is 2.28. The van der Waals surface area contributed by atoms with Crippen molar-refractivity contribution in [3.8, 4) is 0 Å². The number of nitrogens with zero attached hydrogens (tertiary/aromatic N) is 1. The average molecular weight is 345 g/mol. The van der Waals surface area contributed by atoms with Crippen LogP contribution in [0.15, 0.2) is 22.7 Å². The number of halogens is 1. The zero-order valence-electron chi connectivity index (χ0n) is 10.0. The van der Waals surface area contributed by atoms with Gasteiger partial charge in [0.2, 0.25) is 0 Å². The number of carboxylic acids is 1. The predicted octanol–water partition coefficient (Wildman–Crippen LogP) is 1.67. The first-order chi connectivity index (χ1) is 8.99. The number of carbonyl (C=O) groups excluding carboxylic acids is 1. The van der Waals surface area contributed by atoms with Crippen LogP contribution in [0.2, 0.25) is 0 Å². The Labute approximate surface area is 123 Å². The molecule has 1 aliphatic rings. The van der Waals surface area contributed by atoms with Crippen LogP contribution in [0.25, 0.3) is 0 Å². The molecule has 1 aromatic rings. The second kappa shape index (κ2) is 5.83. The zero-order valence-corrected chi connectivity index (χ0v) is 12.4. The number of amides is 1. The van der Waals surface area contributed by atoms with Crippen LogP contribution in [-0.2, 0) is 4.79 Å². The Morgan fingerprint density at radius 1 is 1.42 bits per heavy atom. The highest BCUT2D eigenvalue weighted by Gasteiger charge is 2.32. The van der Waals surface area contributed by atoms with E-state index in [4.69, 9.17) is 5.73 Å². The molecule has 0 saturated carbocycles. The topological polar surface area (TPSA) is 83.6 Å². The normalized spacial score (nSPS) is 19.2. The van der Waals surface area contributed by atoms with Crippen molar-refractivity contribution in [3.05, 3.63) is 28.2 Å². The Bertz CT molecular complexity index is 503. The largest absolute Gasteiger partial charge is 0.480 e. The molecule has 1 unspecified atom stereocenters. The van der Waals surface area contributed by atoms with E-state index in [1.54, 1.807) is 30.0 Å². The van der Waals surface area contributed by atoms with Gasteiger partial charge in [0, 0.05) is 33.8 Å². The second-order valence-corrected chi connectivity index (χ2v) is 6.27. The molecule has 0 radical (unpaired) electrons. The van der Waals surface area contributed by atoms with E-state index in [1.165, 1.54) is 4.90 Å². The minimum atomic E-state index is -0.969. The monoisotopic (exact) mass is 344 g/mol. The second-order valence-electron chi connectivity index (χ2n) is 4.20. The fraction of sp³-hybridized carbons (Fsp3) is 0.333. The minimum Gasteiger partial charge on any atom is -0.480 e. The number of hydrogen-bond donors (Lipinski definition) is 2. The Kier molecular flexibility index (Phi) is 4.36. The highest BCUT2D eigenvalue weighted by molar-refractivity contribution is 9.10. The molecule has 0 bridgehead atoms. The van der Waals surface area contributed by atoms with E-state index in [1.807, 2.05) is 0 Å². The summed E-state index contributed by atoms with van der Waals surface area (Å²) in [6, 6.07) is 4.14. The molecule has 2 rings (SSSR count). The van der Waals surface area contributed by atoms with E-state index in [9.17, 15) is 14.7 Å². The van der Waals surface area contributed by atoms with Crippen LogP contribution in [0.1, 0.15) is 10.4 Å². The van der Waals surface area contributed by atoms with Crippen molar-refractivity contribution < 1.29 is 14.7 Å². The van der Waals surface area contributed by atoms with E-state index < -0.39 is 12.0 Å². The first kappa shape index (κ1) is 14.2. The molecule has 1 saturated heterocycles. The summed E-state index contributed by atoms with van der Waals surface area (Å²) in [6.45, 7) is 0.437. The SMILES string of the molecule is Nc1cc(Br)cc(C(=O)N2CCSCC2C(=O)O)c1. The summed E-state index contributed by atoms with van der Waals surface area (Å²) in [5.74, 6) is -0.0898. The van der Waals surface area contributed by atoms with Crippen molar-refractivity contribution in [2.75, 3.05) is 23.8 Å². The number of nitrogens with two attached hydrogens (primary N) is 1. The molecule has 0 spiro atoms. The lowest BCUT2D eigenvalue weighted by atomic mass is 10.1. The molecule has 7 heteroatoms. The molecule has 1 aromatic carbocycles. The summed E-state index contributed by atoms with van der Waals surface area (Å²) in [5, 5.41) is 9.17. The van der Waals surface area contributed by atoms with Gasteiger partial charge in [0.1, 0.15) is 6.04 Å². The summed E-state index contributed by atoms with van der Waals surface area (Å²) in [6.07, 6.45) is 0. The molecule has 19 heavy (non-hydrogen) atoms. The van der Waals surface area contributed by atoms with Gasteiger partial charge in [-0.15, -0.1) is 0 Å². The third kappa shape index (κ3) is 3.22. The summed E-state index contributed by atoms with van der Waals surface area (Å²) in [7, 11) is 0. The first-order valence-corrected chi connectivity index (χ1v) is 7.61. The maximum atomic E-state index is 12.4. The van der Waals surface area contributed by atoms with Gasteiger partial charge in [0.25, 0.3) is 5.91 Å². The van der Waals surface area contributed by atoms with Crippen molar-refractivity contribution in [3.63, 3.8) is 0 Å². The van der Waals surface area contributed by atoms with Gasteiger partial charge in [-0.25, -0.2) is 4.79 Å². The van der Waals surface area contributed by atoms with Crippen molar-refractivity contribution in [1.29, 1.82) is 0 Å².